The van der Waals surface area contributed by atoms with Crippen LogP contribution in [0.2, 0.25) is 0 Å². The van der Waals surface area contributed by atoms with Crippen molar-refractivity contribution in [1.82, 2.24) is 9.97 Å². The number of nitrogens with zero attached hydrogens (tertiary/aromatic N) is 2. The summed E-state index contributed by atoms with van der Waals surface area (Å²) in [5, 5.41) is 7.14. The number of rotatable bonds is 5. The summed E-state index contributed by atoms with van der Waals surface area (Å²) in [7, 11) is 0. The molecule has 5 aromatic rings. The second-order valence-corrected chi connectivity index (χ2v) is 9.11. The summed E-state index contributed by atoms with van der Waals surface area (Å²) in [5.74, 6) is -0.0173. The van der Waals surface area contributed by atoms with Crippen LogP contribution in [0, 0.1) is 5.82 Å². The van der Waals surface area contributed by atoms with Crippen molar-refractivity contribution in [2.24, 2.45) is 0 Å². The minimum Gasteiger partial charge on any atom is -0.423 e. The average Bonchev–Trinajstić information content (AvgIpc) is 3.22. The highest BCUT2D eigenvalue weighted by Crippen LogP contribution is 2.39. The zero-order valence-corrected chi connectivity index (χ0v) is 18.9. The molecule has 3 heterocycles. The smallest absolute Gasteiger partial charge is 0.336 e. The number of nitrogens with one attached hydrogen (secondary N) is 1. The van der Waals surface area contributed by atoms with Crippen LogP contribution in [-0.2, 0) is 10.5 Å². The molecule has 6 nitrogen and oxygen atoms in total. The van der Waals surface area contributed by atoms with Crippen molar-refractivity contribution in [3.05, 3.63) is 82.0 Å². The molecule has 164 valence electrons. The number of benzene rings is 2. The van der Waals surface area contributed by atoms with Gasteiger partial charge in [-0.2, -0.15) is 0 Å². The highest BCUT2D eigenvalue weighted by molar-refractivity contribution is 7.98. The number of thiophene rings is 1. The first-order valence-electron chi connectivity index (χ1n) is 9.93. The molecule has 0 aliphatic rings. The first-order chi connectivity index (χ1) is 16.0. The molecule has 0 radical (unpaired) electrons. The normalized spacial score (nSPS) is 11.2. The molecular weight excluding hydrogens is 461 g/mol. The van der Waals surface area contributed by atoms with Crippen LogP contribution in [0.1, 0.15) is 12.5 Å². The third kappa shape index (κ3) is 4.37. The molecule has 0 fully saturated rings. The van der Waals surface area contributed by atoms with Crippen molar-refractivity contribution in [2.75, 3.05) is 5.32 Å². The summed E-state index contributed by atoms with van der Waals surface area (Å²) in [5.41, 5.74) is 3.12. The maximum Gasteiger partial charge on any atom is 0.336 e. The van der Waals surface area contributed by atoms with E-state index < -0.39 is 5.63 Å². The van der Waals surface area contributed by atoms with Crippen LogP contribution in [0.25, 0.3) is 32.3 Å². The SMILES string of the molecule is CC(=O)Nc1ccc2c(CSc3ncnc4scc(-c5ccc(F)cc5)c34)cc(=O)oc2c1. The molecule has 5 rings (SSSR count). The molecule has 2 aromatic carbocycles. The van der Waals surface area contributed by atoms with Gasteiger partial charge in [0, 0.05) is 46.8 Å². The van der Waals surface area contributed by atoms with E-state index in [4.69, 9.17) is 4.42 Å². The Morgan fingerprint density at radius 1 is 1.15 bits per heavy atom. The number of aromatic nitrogens is 2. The van der Waals surface area contributed by atoms with Gasteiger partial charge in [0.15, 0.2) is 0 Å². The molecule has 1 N–H and O–H groups in total. The van der Waals surface area contributed by atoms with Crippen LogP contribution in [0.15, 0.2) is 74.5 Å². The maximum absolute atomic E-state index is 13.4. The van der Waals surface area contributed by atoms with E-state index in [9.17, 15) is 14.0 Å². The van der Waals surface area contributed by atoms with Crippen molar-refractivity contribution in [3.8, 4) is 11.1 Å². The molecule has 3 aromatic heterocycles. The van der Waals surface area contributed by atoms with Crippen LogP contribution in [0.5, 0.6) is 0 Å². The third-order valence-electron chi connectivity index (χ3n) is 5.01. The predicted octanol–water partition coefficient (Wildman–Crippen LogP) is 5.85. The molecule has 1 amide bonds. The van der Waals surface area contributed by atoms with E-state index in [-0.39, 0.29) is 11.7 Å². The standard InChI is InChI=1S/C24H16FN3O3S2/c1-13(29)28-17-6-7-18-15(8-21(30)31-20(18)9-17)10-32-23-22-19(11-33-24(22)27-12-26-23)14-2-4-16(25)5-3-14/h2-9,11-12H,10H2,1H3,(H,28,29). The number of carbonyl (C=O) groups is 1. The van der Waals surface area contributed by atoms with E-state index in [1.165, 1.54) is 54.5 Å². The van der Waals surface area contributed by atoms with Crippen LogP contribution in [0.3, 0.4) is 0 Å². The van der Waals surface area contributed by atoms with E-state index in [2.05, 4.69) is 15.3 Å². The largest absolute Gasteiger partial charge is 0.423 e. The first-order valence-corrected chi connectivity index (χ1v) is 11.8. The highest BCUT2D eigenvalue weighted by atomic mass is 32.2. The molecule has 0 saturated heterocycles. The number of anilines is 1. The van der Waals surface area contributed by atoms with Crippen LogP contribution in [0.4, 0.5) is 10.1 Å². The lowest BCUT2D eigenvalue weighted by molar-refractivity contribution is -0.114. The van der Waals surface area contributed by atoms with Gasteiger partial charge < -0.3 is 9.73 Å². The van der Waals surface area contributed by atoms with Gasteiger partial charge in [0.1, 0.15) is 27.6 Å². The Morgan fingerprint density at radius 3 is 2.76 bits per heavy atom. The number of fused-ring (bicyclic) bond motifs is 2. The molecular formula is C24H16FN3O3S2. The van der Waals surface area contributed by atoms with Gasteiger partial charge in [0.25, 0.3) is 0 Å². The van der Waals surface area contributed by atoms with Gasteiger partial charge in [-0.25, -0.2) is 19.2 Å². The zero-order valence-electron chi connectivity index (χ0n) is 17.3. The summed E-state index contributed by atoms with van der Waals surface area (Å²) < 4.78 is 18.7. The Balaban J connectivity index is 1.51. The van der Waals surface area contributed by atoms with Gasteiger partial charge >= 0.3 is 5.63 Å². The van der Waals surface area contributed by atoms with Crippen molar-refractivity contribution in [1.29, 1.82) is 0 Å². The van der Waals surface area contributed by atoms with Gasteiger partial charge in [-0.05, 0) is 35.4 Å². The number of hydrogen-bond donors (Lipinski definition) is 1. The number of hydrogen-bond acceptors (Lipinski definition) is 7. The van der Waals surface area contributed by atoms with Gasteiger partial charge in [0.05, 0.1) is 5.39 Å². The number of thioether (sulfide) groups is 1. The van der Waals surface area contributed by atoms with E-state index >= 15 is 0 Å². The fraction of sp³-hybridized carbons (Fsp3) is 0.0833. The van der Waals surface area contributed by atoms with Crippen LogP contribution < -0.4 is 10.9 Å². The summed E-state index contributed by atoms with van der Waals surface area (Å²) >= 11 is 2.99. The highest BCUT2D eigenvalue weighted by Gasteiger charge is 2.15. The molecule has 0 saturated carbocycles. The monoisotopic (exact) mass is 477 g/mol. The van der Waals surface area contributed by atoms with Crippen molar-refractivity contribution in [3.63, 3.8) is 0 Å². The van der Waals surface area contributed by atoms with Gasteiger partial charge in [0.2, 0.25) is 5.91 Å². The summed E-state index contributed by atoms with van der Waals surface area (Å²) in [4.78, 5) is 33.2. The number of halogens is 1. The quantitative estimate of drug-likeness (QED) is 0.194. The molecule has 0 aliphatic carbocycles. The molecule has 0 unspecified atom stereocenters. The van der Waals surface area contributed by atoms with Gasteiger partial charge in [-0.1, -0.05) is 12.1 Å². The maximum atomic E-state index is 13.4. The fourth-order valence-corrected chi connectivity index (χ4v) is 5.56. The summed E-state index contributed by atoms with van der Waals surface area (Å²) in [6.45, 7) is 1.42. The summed E-state index contributed by atoms with van der Waals surface area (Å²) in [6.07, 6.45) is 1.52. The average molecular weight is 478 g/mol. The second-order valence-electron chi connectivity index (χ2n) is 7.29. The molecule has 0 atom stereocenters. The lowest BCUT2D eigenvalue weighted by Crippen LogP contribution is -2.06. The minimum absolute atomic E-state index is 0.205. The lowest BCUT2D eigenvalue weighted by atomic mass is 10.1. The van der Waals surface area contributed by atoms with Gasteiger partial charge in [-0.15, -0.1) is 23.1 Å². The van der Waals surface area contributed by atoms with Crippen LogP contribution in [-0.4, -0.2) is 15.9 Å². The van der Waals surface area contributed by atoms with Crippen molar-refractivity contribution >= 4 is 55.9 Å². The molecule has 9 heteroatoms. The Morgan fingerprint density at radius 2 is 1.97 bits per heavy atom. The Hall–Kier alpha value is -3.56. The number of amides is 1. The zero-order chi connectivity index (χ0) is 22.9. The molecule has 0 spiro atoms. The lowest BCUT2D eigenvalue weighted by Gasteiger charge is -2.09. The third-order valence-corrected chi connectivity index (χ3v) is 6.93. The van der Waals surface area contributed by atoms with Gasteiger partial charge in [-0.3, -0.25) is 4.79 Å². The Labute approximate surface area is 195 Å². The van der Waals surface area contributed by atoms with Crippen LogP contribution >= 0.6 is 23.1 Å². The van der Waals surface area contributed by atoms with E-state index in [1.54, 1.807) is 24.3 Å². The fourth-order valence-electron chi connectivity index (χ4n) is 3.58. The van der Waals surface area contributed by atoms with E-state index in [0.29, 0.717) is 17.0 Å². The second kappa shape index (κ2) is 8.76. The molecule has 33 heavy (non-hydrogen) atoms. The van der Waals surface area contributed by atoms with E-state index in [0.717, 1.165) is 37.3 Å². The minimum atomic E-state index is -0.464. The van der Waals surface area contributed by atoms with E-state index in [1.807, 2.05) is 11.4 Å². The van der Waals surface area contributed by atoms with Crippen molar-refractivity contribution in [2.45, 2.75) is 17.7 Å². The summed E-state index contributed by atoms with van der Waals surface area (Å²) in [6, 6.07) is 13.0. The van der Waals surface area contributed by atoms with Crippen molar-refractivity contribution < 1.29 is 13.6 Å². The Kier molecular flexibility index (Phi) is 5.65. The predicted molar refractivity (Wildman–Crippen MR) is 129 cm³/mol. The topological polar surface area (TPSA) is 85.1 Å². The first kappa shape index (κ1) is 21.3. The Bertz CT molecular complexity index is 1560. The molecule has 0 aliphatic heterocycles. The number of carbonyl (C=O) groups excluding carboxylic acids is 1. The molecule has 0 bridgehead atoms.